The van der Waals surface area contributed by atoms with Gasteiger partial charge < -0.3 is 15.2 Å². The SMILES string of the molecule is O=C(O)C#CC1(CNC(=O)OCc2ccccc2)CCC1. The highest BCUT2D eigenvalue weighted by atomic mass is 16.5. The maximum Gasteiger partial charge on any atom is 0.407 e. The predicted molar refractivity (Wildman–Crippen MR) is 76.3 cm³/mol. The molecule has 1 aromatic rings. The van der Waals surface area contributed by atoms with Gasteiger partial charge in [0, 0.05) is 17.9 Å². The second-order valence-electron chi connectivity index (χ2n) is 5.10. The normalized spacial score (nSPS) is 15.0. The molecule has 1 aliphatic carbocycles. The van der Waals surface area contributed by atoms with Gasteiger partial charge in [-0.05, 0) is 18.4 Å². The second-order valence-corrected chi connectivity index (χ2v) is 5.10. The van der Waals surface area contributed by atoms with E-state index in [0.717, 1.165) is 24.8 Å². The Kier molecular flexibility index (Phi) is 4.83. The zero-order chi connectivity index (χ0) is 15.1. The largest absolute Gasteiger partial charge is 0.472 e. The summed E-state index contributed by atoms with van der Waals surface area (Å²) in [6, 6.07) is 9.39. The van der Waals surface area contributed by atoms with Gasteiger partial charge in [0.2, 0.25) is 0 Å². The Morgan fingerprint density at radius 2 is 2.00 bits per heavy atom. The first kappa shape index (κ1) is 14.9. The van der Waals surface area contributed by atoms with Crippen LogP contribution < -0.4 is 5.32 Å². The lowest BCUT2D eigenvalue weighted by atomic mass is 9.69. The maximum absolute atomic E-state index is 11.6. The third kappa shape index (κ3) is 4.53. The molecule has 1 fully saturated rings. The van der Waals surface area contributed by atoms with Gasteiger partial charge in [-0.1, -0.05) is 42.7 Å². The number of carbonyl (C=O) groups excluding carboxylic acids is 1. The van der Waals surface area contributed by atoms with E-state index in [1.54, 1.807) is 0 Å². The minimum absolute atomic E-state index is 0.209. The lowest BCUT2D eigenvalue weighted by Crippen LogP contribution is -2.41. The zero-order valence-corrected chi connectivity index (χ0v) is 11.6. The minimum Gasteiger partial charge on any atom is -0.472 e. The molecule has 1 amide bonds. The molecule has 0 radical (unpaired) electrons. The number of ether oxygens (including phenoxy) is 1. The van der Waals surface area contributed by atoms with E-state index in [1.165, 1.54) is 0 Å². The molecule has 1 aromatic carbocycles. The highest BCUT2D eigenvalue weighted by Crippen LogP contribution is 2.39. The van der Waals surface area contributed by atoms with Gasteiger partial charge in [-0.25, -0.2) is 9.59 Å². The average Bonchev–Trinajstić information content (AvgIpc) is 2.44. The van der Waals surface area contributed by atoms with Gasteiger partial charge in [0.1, 0.15) is 6.61 Å². The summed E-state index contributed by atoms with van der Waals surface area (Å²) >= 11 is 0. The van der Waals surface area contributed by atoms with Gasteiger partial charge in [0.25, 0.3) is 0 Å². The molecular formula is C16H17NO4. The first-order valence-electron chi connectivity index (χ1n) is 6.80. The van der Waals surface area contributed by atoms with Crippen LogP contribution in [0.4, 0.5) is 4.79 Å². The Bertz CT molecular complexity index is 567. The van der Waals surface area contributed by atoms with E-state index >= 15 is 0 Å². The molecule has 0 bridgehead atoms. The van der Waals surface area contributed by atoms with Crippen molar-refractivity contribution in [2.24, 2.45) is 5.41 Å². The van der Waals surface area contributed by atoms with Gasteiger partial charge in [0.05, 0.1) is 0 Å². The number of nitrogens with one attached hydrogen (secondary N) is 1. The summed E-state index contributed by atoms with van der Waals surface area (Å²) in [5.41, 5.74) is 0.501. The molecule has 0 heterocycles. The molecule has 0 unspecified atom stereocenters. The Balaban J connectivity index is 1.78. The Labute approximate surface area is 123 Å². The third-order valence-electron chi connectivity index (χ3n) is 3.53. The number of alkyl carbamates (subject to hydrolysis) is 1. The highest BCUT2D eigenvalue weighted by molar-refractivity contribution is 5.86. The van der Waals surface area contributed by atoms with Gasteiger partial charge in [-0.2, -0.15) is 0 Å². The number of rotatable bonds is 4. The van der Waals surface area contributed by atoms with Crippen LogP contribution in [0, 0.1) is 17.3 Å². The molecule has 1 saturated carbocycles. The van der Waals surface area contributed by atoms with E-state index in [-0.39, 0.29) is 6.61 Å². The first-order chi connectivity index (χ1) is 10.1. The molecule has 0 atom stereocenters. The summed E-state index contributed by atoms with van der Waals surface area (Å²) in [7, 11) is 0. The van der Waals surface area contributed by atoms with Gasteiger partial charge in [-0.3, -0.25) is 0 Å². The number of aliphatic carboxylic acids is 1. The second kappa shape index (κ2) is 6.80. The van der Waals surface area contributed by atoms with Gasteiger partial charge >= 0.3 is 12.1 Å². The molecule has 0 saturated heterocycles. The van der Waals surface area contributed by atoms with Crippen molar-refractivity contribution in [1.82, 2.24) is 5.32 Å². The molecule has 2 N–H and O–H groups in total. The Morgan fingerprint density at radius 1 is 1.29 bits per heavy atom. The van der Waals surface area contributed by atoms with E-state index in [1.807, 2.05) is 30.3 Å². The van der Waals surface area contributed by atoms with E-state index in [4.69, 9.17) is 9.84 Å². The molecule has 0 aromatic heterocycles. The topological polar surface area (TPSA) is 75.6 Å². The van der Waals surface area contributed by atoms with Crippen molar-refractivity contribution in [3.05, 3.63) is 35.9 Å². The lowest BCUT2D eigenvalue weighted by Gasteiger charge is -2.36. The van der Waals surface area contributed by atoms with Crippen molar-refractivity contribution in [2.45, 2.75) is 25.9 Å². The van der Waals surface area contributed by atoms with Gasteiger partial charge in [0.15, 0.2) is 0 Å². The molecule has 5 heteroatoms. The molecule has 21 heavy (non-hydrogen) atoms. The molecule has 0 aliphatic heterocycles. The average molecular weight is 287 g/mol. The standard InChI is InChI=1S/C16H17NO4/c18-14(19)7-10-16(8-4-9-16)12-17-15(20)21-11-13-5-2-1-3-6-13/h1-3,5-6H,4,8-9,11-12H2,(H,17,20)(H,18,19). The number of carboxylic acids is 1. The third-order valence-corrected chi connectivity index (χ3v) is 3.53. The summed E-state index contributed by atoms with van der Waals surface area (Å²) in [6.45, 7) is 0.529. The van der Waals surface area contributed by atoms with Crippen LogP contribution in [-0.4, -0.2) is 23.7 Å². The summed E-state index contributed by atoms with van der Waals surface area (Å²) in [6.07, 6.45) is 2.08. The molecule has 0 spiro atoms. The summed E-state index contributed by atoms with van der Waals surface area (Å²) in [5.74, 6) is 3.74. The quantitative estimate of drug-likeness (QED) is 0.832. The highest BCUT2D eigenvalue weighted by Gasteiger charge is 2.35. The van der Waals surface area contributed by atoms with Crippen LogP contribution in [0.15, 0.2) is 30.3 Å². The fourth-order valence-corrected chi connectivity index (χ4v) is 2.15. The van der Waals surface area contributed by atoms with Crippen LogP contribution in [0.25, 0.3) is 0 Å². The molecular weight excluding hydrogens is 270 g/mol. The van der Waals surface area contributed by atoms with E-state index < -0.39 is 17.5 Å². The van der Waals surface area contributed by atoms with Crippen LogP contribution in [0.2, 0.25) is 0 Å². The molecule has 5 nitrogen and oxygen atoms in total. The van der Waals surface area contributed by atoms with E-state index in [9.17, 15) is 9.59 Å². The van der Waals surface area contributed by atoms with Crippen molar-refractivity contribution in [1.29, 1.82) is 0 Å². The van der Waals surface area contributed by atoms with Crippen LogP contribution in [0.3, 0.4) is 0 Å². The fraction of sp³-hybridized carbons (Fsp3) is 0.375. The Hall–Kier alpha value is -2.48. The number of carbonyl (C=O) groups is 2. The molecule has 110 valence electrons. The van der Waals surface area contributed by atoms with Crippen LogP contribution in [0.5, 0.6) is 0 Å². The number of hydrogen-bond donors (Lipinski definition) is 2. The van der Waals surface area contributed by atoms with Crippen LogP contribution >= 0.6 is 0 Å². The summed E-state index contributed by atoms with van der Waals surface area (Å²) in [4.78, 5) is 22.1. The van der Waals surface area contributed by atoms with Gasteiger partial charge in [-0.15, -0.1) is 0 Å². The first-order valence-corrected chi connectivity index (χ1v) is 6.80. The summed E-state index contributed by atoms with van der Waals surface area (Å²) < 4.78 is 5.10. The number of carboxylic acid groups (broad SMARTS) is 1. The van der Waals surface area contributed by atoms with Crippen molar-refractivity contribution in [3.8, 4) is 11.8 Å². The number of benzene rings is 1. The van der Waals surface area contributed by atoms with Crippen LogP contribution in [-0.2, 0) is 16.1 Å². The monoisotopic (exact) mass is 287 g/mol. The van der Waals surface area contributed by atoms with Crippen LogP contribution in [0.1, 0.15) is 24.8 Å². The zero-order valence-electron chi connectivity index (χ0n) is 11.6. The van der Waals surface area contributed by atoms with Crippen molar-refractivity contribution < 1.29 is 19.4 Å². The minimum atomic E-state index is -1.15. The fourth-order valence-electron chi connectivity index (χ4n) is 2.15. The predicted octanol–water partition coefficient (Wildman–Crippen LogP) is 2.17. The van der Waals surface area contributed by atoms with Crippen molar-refractivity contribution in [2.75, 3.05) is 6.54 Å². The number of amides is 1. The smallest absolute Gasteiger partial charge is 0.407 e. The summed E-state index contributed by atoms with van der Waals surface area (Å²) in [5, 5.41) is 11.3. The lowest BCUT2D eigenvalue weighted by molar-refractivity contribution is -0.130. The molecule has 2 rings (SSSR count). The molecule has 1 aliphatic rings. The van der Waals surface area contributed by atoms with Crippen molar-refractivity contribution in [3.63, 3.8) is 0 Å². The van der Waals surface area contributed by atoms with Crippen molar-refractivity contribution >= 4 is 12.1 Å². The maximum atomic E-state index is 11.6. The number of hydrogen-bond acceptors (Lipinski definition) is 3. The Morgan fingerprint density at radius 3 is 2.57 bits per heavy atom. The van der Waals surface area contributed by atoms with E-state index in [2.05, 4.69) is 17.2 Å². The van der Waals surface area contributed by atoms with E-state index in [0.29, 0.717) is 6.54 Å².